The topological polar surface area (TPSA) is 34.9 Å². The van der Waals surface area contributed by atoms with E-state index in [1.165, 1.54) is 12.1 Å². The van der Waals surface area contributed by atoms with Gasteiger partial charge in [-0.2, -0.15) is 13.2 Å². The smallest absolute Gasteiger partial charge is 0.290 e. The summed E-state index contributed by atoms with van der Waals surface area (Å²) in [4.78, 5) is 17.4. The van der Waals surface area contributed by atoms with Gasteiger partial charge in [-0.05, 0) is 36.4 Å². The van der Waals surface area contributed by atoms with Gasteiger partial charge in [-0.3, -0.25) is 9.36 Å². The molecule has 2 aromatic carbocycles. The second kappa shape index (κ2) is 6.39. The molecule has 0 spiro atoms. The maximum Gasteiger partial charge on any atom is 0.416 e. The van der Waals surface area contributed by atoms with Crippen LogP contribution in [-0.2, 0) is 6.18 Å². The van der Waals surface area contributed by atoms with Crippen LogP contribution in [-0.4, -0.2) is 15.3 Å². The summed E-state index contributed by atoms with van der Waals surface area (Å²) < 4.78 is 40.0. The number of nitrogens with zero attached hydrogens (tertiary/aromatic N) is 2. The van der Waals surface area contributed by atoms with E-state index in [4.69, 9.17) is 0 Å². The number of benzene rings is 2. The van der Waals surface area contributed by atoms with Gasteiger partial charge < -0.3 is 0 Å². The molecule has 0 amide bonds. The number of carbonyl (C=O) groups is 1. The fourth-order valence-corrected chi connectivity index (χ4v) is 3.01. The number of fused-ring (bicyclic) bond motifs is 1. The van der Waals surface area contributed by atoms with Gasteiger partial charge in [0.25, 0.3) is 0 Å². The Kier molecular flexibility index (Phi) is 4.03. The minimum atomic E-state index is -4.44. The first-order valence-corrected chi connectivity index (χ1v) is 8.19. The van der Waals surface area contributed by atoms with Gasteiger partial charge >= 0.3 is 6.18 Å². The highest BCUT2D eigenvalue weighted by Crippen LogP contribution is 2.30. The summed E-state index contributed by atoms with van der Waals surface area (Å²) in [6.07, 6.45) is -2.82. The molecule has 2 aromatic heterocycles. The van der Waals surface area contributed by atoms with Crippen molar-refractivity contribution in [2.24, 2.45) is 0 Å². The van der Waals surface area contributed by atoms with Crippen molar-refractivity contribution in [1.82, 2.24) is 9.55 Å². The minimum absolute atomic E-state index is 0.183. The molecule has 0 aliphatic heterocycles. The van der Waals surface area contributed by atoms with Crippen LogP contribution in [0.3, 0.4) is 0 Å². The number of carbonyl (C=O) groups excluding carboxylic acids is 1. The number of rotatable bonds is 3. The van der Waals surface area contributed by atoms with E-state index in [1.54, 1.807) is 29.0 Å². The minimum Gasteiger partial charge on any atom is -0.290 e. The zero-order chi connectivity index (χ0) is 19.0. The summed E-state index contributed by atoms with van der Waals surface area (Å²) in [5.74, 6) is 0.194. The van der Waals surface area contributed by atoms with Crippen molar-refractivity contribution in [2.45, 2.75) is 6.18 Å². The maximum atomic E-state index is 13.0. The summed E-state index contributed by atoms with van der Waals surface area (Å²) in [6, 6.07) is 18.8. The molecule has 0 radical (unpaired) electrons. The molecule has 2 heterocycles. The van der Waals surface area contributed by atoms with Gasteiger partial charge in [-0.1, -0.05) is 36.4 Å². The number of ketones is 1. The van der Waals surface area contributed by atoms with Gasteiger partial charge in [0.15, 0.2) is 0 Å². The quantitative estimate of drug-likeness (QED) is 0.463. The van der Waals surface area contributed by atoms with Crippen LogP contribution in [0.25, 0.3) is 16.7 Å². The van der Waals surface area contributed by atoms with Crippen molar-refractivity contribution in [2.75, 3.05) is 0 Å². The van der Waals surface area contributed by atoms with E-state index >= 15 is 0 Å². The van der Waals surface area contributed by atoms with Crippen LogP contribution in [0.5, 0.6) is 0 Å². The Morgan fingerprint density at radius 2 is 1.59 bits per heavy atom. The van der Waals surface area contributed by atoms with Crippen molar-refractivity contribution >= 4 is 16.7 Å². The SMILES string of the molecule is O=C(c1ccc(C(F)(F)F)cc1)c1cc2ccccc2n1-c1ccccn1. The number of hydrogen-bond acceptors (Lipinski definition) is 2. The van der Waals surface area contributed by atoms with E-state index in [0.29, 0.717) is 11.5 Å². The van der Waals surface area contributed by atoms with Gasteiger partial charge in [0.2, 0.25) is 5.78 Å². The molecular weight excluding hydrogens is 353 g/mol. The summed E-state index contributed by atoms with van der Waals surface area (Å²) in [5, 5.41) is 0.846. The molecule has 0 saturated carbocycles. The molecule has 4 rings (SSSR count). The number of para-hydroxylation sites is 1. The third kappa shape index (κ3) is 3.10. The van der Waals surface area contributed by atoms with Crippen molar-refractivity contribution in [3.63, 3.8) is 0 Å². The second-order valence-electron chi connectivity index (χ2n) is 6.02. The Morgan fingerprint density at radius 1 is 0.889 bits per heavy atom. The predicted octanol–water partition coefficient (Wildman–Crippen LogP) is 5.28. The Morgan fingerprint density at radius 3 is 2.26 bits per heavy atom. The Bertz CT molecular complexity index is 1110. The highest BCUT2D eigenvalue weighted by Gasteiger charge is 2.30. The van der Waals surface area contributed by atoms with E-state index in [1.807, 2.05) is 30.3 Å². The molecular formula is C21H13F3N2O. The summed E-state index contributed by atoms with van der Waals surface area (Å²) in [6.45, 7) is 0. The van der Waals surface area contributed by atoms with Crippen LogP contribution in [0.1, 0.15) is 21.6 Å². The van der Waals surface area contributed by atoms with Crippen LogP contribution < -0.4 is 0 Å². The van der Waals surface area contributed by atoms with Crippen molar-refractivity contribution < 1.29 is 18.0 Å². The molecule has 0 saturated heterocycles. The lowest BCUT2D eigenvalue weighted by Crippen LogP contribution is -2.11. The standard InChI is InChI=1S/C21H13F3N2O/c22-21(23,24)16-10-8-14(9-11-16)20(27)18-13-15-5-1-2-6-17(15)26(18)19-7-3-4-12-25-19/h1-13H. The molecule has 134 valence electrons. The fraction of sp³-hybridized carbons (Fsp3) is 0.0476. The van der Waals surface area contributed by atoms with Crippen molar-refractivity contribution in [3.8, 4) is 5.82 Å². The Balaban J connectivity index is 1.85. The highest BCUT2D eigenvalue weighted by atomic mass is 19.4. The molecule has 27 heavy (non-hydrogen) atoms. The molecule has 4 aromatic rings. The molecule has 0 aliphatic carbocycles. The Hall–Kier alpha value is -3.41. The molecule has 3 nitrogen and oxygen atoms in total. The molecule has 0 bridgehead atoms. The molecule has 0 unspecified atom stereocenters. The van der Waals surface area contributed by atoms with Gasteiger partial charge in [0.05, 0.1) is 16.8 Å². The molecule has 0 N–H and O–H groups in total. The van der Waals surface area contributed by atoms with Gasteiger partial charge in [0, 0.05) is 17.1 Å². The van der Waals surface area contributed by atoms with E-state index in [-0.39, 0.29) is 11.3 Å². The predicted molar refractivity (Wildman–Crippen MR) is 95.9 cm³/mol. The largest absolute Gasteiger partial charge is 0.416 e. The summed E-state index contributed by atoms with van der Waals surface area (Å²) in [5.41, 5.74) is 0.536. The number of hydrogen-bond donors (Lipinski definition) is 0. The number of pyridine rings is 1. The molecule has 0 atom stereocenters. The highest BCUT2D eigenvalue weighted by molar-refractivity contribution is 6.11. The maximum absolute atomic E-state index is 13.0. The van der Waals surface area contributed by atoms with Gasteiger partial charge in [-0.15, -0.1) is 0 Å². The van der Waals surface area contributed by atoms with E-state index < -0.39 is 11.7 Å². The number of aromatic nitrogens is 2. The lowest BCUT2D eigenvalue weighted by molar-refractivity contribution is -0.137. The molecule has 0 fully saturated rings. The van der Waals surface area contributed by atoms with Gasteiger partial charge in [-0.25, -0.2) is 4.98 Å². The number of alkyl halides is 3. The Labute approximate surface area is 152 Å². The van der Waals surface area contributed by atoms with E-state index in [9.17, 15) is 18.0 Å². The normalized spacial score (nSPS) is 11.7. The van der Waals surface area contributed by atoms with Crippen LogP contribution in [0.4, 0.5) is 13.2 Å². The number of halogens is 3. The van der Waals surface area contributed by atoms with Crippen molar-refractivity contribution in [1.29, 1.82) is 0 Å². The second-order valence-corrected chi connectivity index (χ2v) is 6.02. The van der Waals surface area contributed by atoms with Crippen LogP contribution in [0.15, 0.2) is 79.0 Å². The average Bonchev–Trinajstić information content (AvgIpc) is 3.07. The monoisotopic (exact) mass is 366 g/mol. The summed E-state index contributed by atoms with van der Waals surface area (Å²) >= 11 is 0. The first-order valence-electron chi connectivity index (χ1n) is 8.19. The van der Waals surface area contributed by atoms with E-state index in [0.717, 1.165) is 23.0 Å². The third-order valence-electron chi connectivity index (χ3n) is 4.30. The van der Waals surface area contributed by atoms with E-state index in [2.05, 4.69) is 4.98 Å². The third-order valence-corrected chi connectivity index (χ3v) is 4.30. The lowest BCUT2D eigenvalue weighted by atomic mass is 10.1. The summed E-state index contributed by atoms with van der Waals surface area (Å²) in [7, 11) is 0. The van der Waals surface area contributed by atoms with Crippen LogP contribution >= 0.6 is 0 Å². The first-order chi connectivity index (χ1) is 12.9. The zero-order valence-electron chi connectivity index (χ0n) is 13.9. The van der Waals surface area contributed by atoms with Crippen molar-refractivity contribution in [3.05, 3.63) is 95.8 Å². The van der Waals surface area contributed by atoms with Gasteiger partial charge in [0.1, 0.15) is 5.82 Å². The lowest BCUT2D eigenvalue weighted by Gasteiger charge is -2.10. The average molecular weight is 366 g/mol. The zero-order valence-corrected chi connectivity index (χ0v) is 13.9. The van der Waals surface area contributed by atoms with Crippen LogP contribution in [0, 0.1) is 0 Å². The molecule has 6 heteroatoms. The molecule has 0 aliphatic rings. The fourth-order valence-electron chi connectivity index (χ4n) is 3.01. The first kappa shape index (κ1) is 17.0. The van der Waals surface area contributed by atoms with Crippen LogP contribution in [0.2, 0.25) is 0 Å².